The van der Waals surface area contributed by atoms with Gasteiger partial charge in [-0.05, 0) is 171 Å². The maximum Gasteiger partial charge on any atom is 0.0702 e. The average Bonchev–Trinajstić information content (AvgIpc) is 3.81. The predicted molar refractivity (Wildman–Crippen MR) is 281 cm³/mol. The van der Waals surface area contributed by atoms with Crippen LogP contribution in [0, 0.1) is 17.8 Å². The monoisotopic (exact) mass is 862 g/mol. The maximum absolute atomic E-state index is 2.58. The van der Waals surface area contributed by atoms with E-state index in [-0.39, 0.29) is 10.8 Å². The second-order valence-electron chi connectivity index (χ2n) is 21.1. The molecule has 4 fully saturated rings. The third-order valence-corrected chi connectivity index (χ3v) is 16.9. The number of aromatic nitrogens is 1. The molecule has 324 valence electrons. The van der Waals surface area contributed by atoms with E-state index in [1.807, 2.05) is 0 Å². The predicted octanol–water partition coefficient (Wildman–Crippen LogP) is 17.5. The molecule has 2 heteroatoms. The van der Waals surface area contributed by atoms with Gasteiger partial charge in [0, 0.05) is 27.6 Å². The molecule has 0 radical (unpaired) electrons. The quantitative estimate of drug-likeness (QED) is 0.155. The minimum Gasteiger partial charge on any atom is -0.308 e. The molecular formula is C65H54N2. The minimum absolute atomic E-state index is 0.0993. The van der Waals surface area contributed by atoms with Crippen molar-refractivity contribution in [2.24, 2.45) is 17.8 Å². The lowest BCUT2D eigenvalue weighted by Gasteiger charge is -2.57. The van der Waals surface area contributed by atoms with Gasteiger partial charge in [-0.1, -0.05) is 166 Å². The highest BCUT2D eigenvalue weighted by Gasteiger charge is 2.53. The zero-order valence-corrected chi connectivity index (χ0v) is 38.4. The van der Waals surface area contributed by atoms with Gasteiger partial charge < -0.3 is 9.47 Å². The van der Waals surface area contributed by atoms with Gasteiger partial charge in [-0.3, -0.25) is 0 Å². The molecule has 4 bridgehead atoms. The highest BCUT2D eigenvalue weighted by molar-refractivity contribution is 6.10. The van der Waals surface area contributed by atoms with Crippen LogP contribution in [0.25, 0.3) is 71.6 Å². The Morgan fingerprint density at radius 2 is 1.01 bits per heavy atom. The first-order valence-electron chi connectivity index (χ1n) is 24.8. The van der Waals surface area contributed by atoms with Crippen LogP contribution >= 0.6 is 0 Å². The van der Waals surface area contributed by atoms with Gasteiger partial charge in [0.15, 0.2) is 0 Å². The summed E-state index contributed by atoms with van der Waals surface area (Å²) < 4.78 is 2.49. The molecular weight excluding hydrogens is 809 g/mol. The van der Waals surface area contributed by atoms with E-state index in [1.165, 1.54) is 121 Å². The number of hydrogen-bond acceptors (Lipinski definition) is 1. The Bertz CT molecular complexity index is 3510. The molecule has 0 amide bonds. The summed E-state index contributed by atoms with van der Waals surface area (Å²) in [5, 5.41) is 5.05. The fourth-order valence-corrected chi connectivity index (χ4v) is 14.5. The number of hydrogen-bond donors (Lipinski definition) is 0. The van der Waals surface area contributed by atoms with Gasteiger partial charge in [-0.15, -0.1) is 0 Å². The Morgan fingerprint density at radius 1 is 0.448 bits per heavy atom. The lowest BCUT2D eigenvalue weighted by Crippen LogP contribution is -2.48. The lowest BCUT2D eigenvalue weighted by molar-refractivity contribution is -0.00494. The summed E-state index contributed by atoms with van der Waals surface area (Å²) in [5.74, 6) is 2.65. The van der Waals surface area contributed by atoms with E-state index in [2.05, 4.69) is 224 Å². The molecule has 5 aliphatic carbocycles. The number of benzene rings is 9. The van der Waals surface area contributed by atoms with E-state index < -0.39 is 0 Å². The van der Waals surface area contributed by atoms with Crippen molar-refractivity contribution >= 4 is 49.6 Å². The number of rotatable bonds is 7. The second kappa shape index (κ2) is 14.7. The standard InChI is InChI=1S/C65H54N2/c1-64(2)55-33-32-49(38-54(55)63-56(64)26-15-27-57(63)65-39-42-34-43(40-65)36-44(35-42)41-65)66(60-30-10-11-31-61(60)67-58-28-8-6-22-52(58)53-23-7-9-29-59(53)67)48-21-12-20-47(37-48)51-25-14-19-46-18-13-24-50(62(46)51)45-16-4-3-5-17-45/h3-33,37-38,42-44H,34-36,39-41H2,1-2H3. The van der Waals surface area contributed by atoms with Crippen LogP contribution in [-0.2, 0) is 10.8 Å². The molecule has 67 heavy (non-hydrogen) atoms. The average molecular weight is 863 g/mol. The molecule has 0 saturated heterocycles. The summed E-state index contributed by atoms with van der Waals surface area (Å²) in [6, 6.07) is 75.4. The van der Waals surface area contributed by atoms with E-state index in [0.717, 1.165) is 34.8 Å². The summed E-state index contributed by atoms with van der Waals surface area (Å²) in [6.45, 7) is 4.93. The van der Waals surface area contributed by atoms with Crippen LogP contribution in [0.3, 0.4) is 0 Å². The largest absolute Gasteiger partial charge is 0.308 e. The van der Waals surface area contributed by atoms with Crippen molar-refractivity contribution in [2.45, 2.75) is 63.2 Å². The summed E-state index contributed by atoms with van der Waals surface area (Å²) in [5.41, 5.74) is 19.6. The highest BCUT2D eigenvalue weighted by atomic mass is 15.2. The van der Waals surface area contributed by atoms with Crippen molar-refractivity contribution in [1.29, 1.82) is 0 Å². The van der Waals surface area contributed by atoms with Gasteiger partial charge in [0.2, 0.25) is 0 Å². The fraction of sp³-hybridized carbons (Fsp3) is 0.200. The fourth-order valence-electron chi connectivity index (χ4n) is 14.5. The van der Waals surface area contributed by atoms with Crippen molar-refractivity contribution in [3.63, 3.8) is 0 Å². The Labute approximate surface area is 394 Å². The third-order valence-electron chi connectivity index (χ3n) is 16.9. The molecule has 0 atom stereocenters. The summed E-state index contributed by atoms with van der Waals surface area (Å²) in [6.07, 6.45) is 8.42. The molecule has 1 heterocycles. The molecule has 0 spiro atoms. The molecule has 1 aromatic heterocycles. The molecule has 5 aliphatic rings. The topological polar surface area (TPSA) is 8.17 Å². The Balaban J connectivity index is 1.01. The molecule has 0 unspecified atom stereocenters. The van der Waals surface area contributed by atoms with Crippen molar-refractivity contribution in [1.82, 2.24) is 4.57 Å². The van der Waals surface area contributed by atoms with Gasteiger partial charge in [-0.25, -0.2) is 0 Å². The molecule has 0 aliphatic heterocycles. The van der Waals surface area contributed by atoms with Crippen molar-refractivity contribution in [3.05, 3.63) is 217 Å². The molecule has 9 aromatic carbocycles. The van der Waals surface area contributed by atoms with Crippen molar-refractivity contribution in [3.8, 4) is 39.1 Å². The number of fused-ring (bicyclic) bond motifs is 7. The van der Waals surface area contributed by atoms with E-state index in [9.17, 15) is 0 Å². The van der Waals surface area contributed by atoms with Gasteiger partial charge in [0.1, 0.15) is 0 Å². The summed E-state index contributed by atoms with van der Waals surface area (Å²) in [4.78, 5) is 2.56. The first kappa shape index (κ1) is 39.0. The van der Waals surface area contributed by atoms with Crippen LogP contribution in [0.4, 0.5) is 17.1 Å². The van der Waals surface area contributed by atoms with E-state index in [4.69, 9.17) is 0 Å². The number of para-hydroxylation sites is 4. The van der Waals surface area contributed by atoms with Crippen LogP contribution in [0.1, 0.15) is 69.1 Å². The van der Waals surface area contributed by atoms with Crippen molar-refractivity contribution < 1.29 is 0 Å². The van der Waals surface area contributed by atoms with Gasteiger partial charge in [0.05, 0.1) is 22.4 Å². The van der Waals surface area contributed by atoms with Gasteiger partial charge in [0.25, 0.3) is 0 Å². The van der Waals surface area contributed by atoms with Crippen molar-refractivity contribution in [2.75, 3.05) is 4.90 Å². The number of nitrogens with zero attached hydrogens (tertiary/aromatic N) is 2. The van der Waals surface area contributed by atoms with Crippen LogP contribution in [0.2, 0.25) is 0 Å². The highest BCUT2D eigenvalue weighted by Crippen LogP contribution is 2.64. The first-order valence-corrected chi connectivity index (χ1v) is 24.8. The van der Waals surface area contributed by atoms with Gasteiger partial charge >= 0.3 is 0 Å². The van der Waals surface area contributed by atoms with Crippen LogP contribution < -0.4 is 4.90 Å². The smallest absolute Gasteiger partial charge is 0.0702 e. The normalized spacial score (nSPS) is 21.0. The second-order valence-corrected chi connectivity index (χ2v) is 21.1. The Morgan fingerprint density at radius 3 is 1.73 bits per heavy atom. The SMILES string of the molecule is CC1(C)c2ccc(N(c3cccc(-c4cccc5cccc(-c6ccccc6)c45)c3)c3ccccc3-n3c4ccccc4c4ccccc43)cc2-c2c(C34CC5CC(CC(C5)C3)C4)cccc21. The zero-order chi connectivity index (χ0) is 44.4. The number of anilines is 3. The molecule has 15 rings (SSSR count). The molecule has 2 nitrogen and oxygen atoms in total. The third kappa shape index (κ3) is 5.88. The molecule has 10 aromatic rings. The van der Waals surface area contributed by atoms with E-state index in [1.54, 1.807) is 5.56 Å². The van der Waals surface area contributed by atoms with Crippen LogP contribution in [-0.4, -0.2) is 4.57 Å². The maximum atomic E-state index is 2.58. The zero-order valence-electron chi connectivity index (χ0n) is 38.4. The lowest BCUT2D eigenvalue weighted by atomic mass is 9.47. The molecule has 0 N–H and O–H groups in total. The molecule has 4 saturated carbocycles. The summed E-state index contributed by atoms with van der Waals surface area (Å²) >= 11 is 0. The Kier molecular flexibility index (Phi) is 8.55. The van der Waals surface area contributed by atoms with Gasteiger partial charge in [-0.2, -0.15) is 0 Å². The van der Waals surface area contributed by atoms with Crippen LogP contribution in [0.5, 0.6) is 0 Å². The van der Waals surface area contributed by atoms with E-state index in [0.29, 0.717) is 0 Å². The first-order chi connectivity index (χ1) is 32.9. The van der Waals surface area contributed by atoms with E-state index >= 15 is 0 Å². The minimum atomic E-state index is -0.0993. The Hall–Kier alpha value is -7.16. The van der Waals surface area contributed by atoms with Crippen LogP contribution in [0.15, 0.2) is 200 Å². The summed E-state index contributed by atoms with van der Waals surface area (Å²) in [7, 11) is 0.